The van der Waals surface area contributed by atoms with Gasteiger partial charge in [-0.3, -0.25) is 13.7 Å². The quantitative estimate of drug-likeness (QED) is 0.161. The van der Waals surface area contributed by atoms with E-state index in [2.05, 4.69) is 43.5 Å². The number of aromatic nitrogens is 4. The van der Waals surface area contributed by atoms with Crippen LogP contribution in [0.15, 0.2) is 187 Å². The van der Waals surface area contributed by atoms with Crippen LogP contribution in [-0.4, -0.2) is 18.7 Å². The zero-order valence-electron chi connectivity index (χ0n) is 45.2. The topological polar surface area (TPSA) is 54.0 Å². The molecular formula is C56H48N4O2. The van der Waals surface area contributed by atoms with Crippen LogP contribution < -0.4 is 10.4 Å². The van der Waals surface area contributed by atoms with E-state index < -0.39 is 71.5 Å². The molecule has 0 amide bonds. The largest absolute Gasteiger partial charge is 0.457 e. The number of imidazole rings is 1. The molecule has 6 nitrogen and oxygen atoms in total. The lowest BCUT2D eigenvalue weighted by atomic mass is 9.86. The van der Waals surface area contributed by atoms with Gasteiger partial charge in [0.25, 0.3) is 0 Å². The molecule has 62 heavy (non-hydrogen) atoms. The van der Waals surface area contributed by atoms with Crippen LogP contribution in [0.3, 0.4) is 0 Å². The van der Waals surface area contributed by atoms with Crippen molar-refractivity contribution in [3.05, 3.63) is 203 Å². The van der Waals surface area contributed by atoms with Gasteiger partial charge in [0.15, 0.2) is 0 Å². The highest BCUT2D eigenvalue weighted by molar-refractivity contribution is 6.09. The Morgan fingerprint density at radius 2 is 1.11 bits per heavy atom. The molecule has 0 fully saturated rings. The minimum Gasteiger partial charge on any atom is -0.457 e. The maximum atomic E-state index is 15.8. The lowest BCUT2D eigenvalue weighted by Crippen LogP contribution is -2.23. The van der Waals surface area contributed by atoms with Crippen LogP contribution in [0.4, 0.5) is 0 Å². The molecule has 10 aromatic rings. The predicted octanol–water partition coefficient (Wildman–Crippen LogP) is 14.0. The van der Waals surface area contributed by atoms with Gasteiger partial charge in [0.05, 0.1) is 47.1 Å². The van der Waals surface area contributed by atoms with Crippen molar-refractivity contribution in [2.24, 2.45) is 0 Å². The van der Waals surface area contributed by atoms with Crippen molar-refractivity contribution in [1.82, 2.24) is 18.7 Å². The number of benzene rings is 7. The van der Waals surface area contributed by atoms with Crippen LogP contribution in [-0.2, 0) is 10.8 Å². The van der Waals surface area contributed by atoms with Gasteiger partial charge in [0.2, 0.25) is 0 Å². The SMILES string of the molecule is [2H]c1c([2H])c([2H])c(-c2cccc(-c3c([2H])c([2H])c([2H])c([2H])c3[2H])c2-n2c(=O)n(-c3cc(Oc4ccc5c6ccccc6n(-c6cc(C(C)(C)C)ccn6)c5c4)cc(C(C)(C)C)c3)c3ccccc32)c([2H])c1[2H]. The molecule has 0 radical (unpaired) electrons. The van der Waals surface area contributed by atoms with Gasteiger partial charge in [-0.1, -0.05) is 150 Å². The lowest BCUT2D eigenvalue weighted by molar-refractivity contribution is 0.478. The van der Waals surface area contributed by atoms with Crippen LogP contribution in [0.1, 0.15) is 66.4 Å². The van der Waals surface area contributed by atoms with E-state index >= 15 is 4.79 Å². The zero-order valence-corrected chi connectivity index (χ0v) is 35.2. The van der Waals surface area contributed by atoms with Crippen LogP contribution in [0.2, 0.25) is 0 Å². The first-order valence-corrected chi connectivity index (χ1v) is 20.4. The van der Waals surface area contributed by atoms with E-state index in [1.54, 1.807) is 30.3 Å². The second kappa shape index (κ2) is 14.9. The van der Waals surface area contributed by atoms with Crippen molar-refractivity contribution in [1.29, 1.82) is 0 Å². The molecule has 0 aliphatic carbocycles. The summed E-state index contributed by atoms with van der Waals surface area (Å²) in [6.07, 6.45) is 1.83. The number of para-hydroxylation sites is 4. The van der Waals surface area contributed by atoms with E-state index in [9.17, 15) is 0 Å². The van der Waals surface area contributed by atoms with E-state index in [1.165, 1.54) is 27.3 Å². The van der Waals surface area contributed by atoms with E-state index in [1.807, 2.05) is 75.5 Å². The fourth-order valence-corrected chi connectivity index (χ4v) is 8.18. The van der Waals surface area contributed by atoms with Crippen LogP contribution in [0, 0.1) is 0 Å². The van der Waals surface area contributed by atoms with Gasteiger partial charge >= 0.3 is 5.69 Å². The Morgan fingerprint density at radius 1 is 0.516 bits per heavy atom. The van der Waals surface area contributed by atoms with Gasteiger partial charge in [-0.2, -0.15) is 0 Å². The van der Waals surface area contributed by atoms with Crippen molar-refractivity contribution in [3.8, 4) is 50.9 Å². The van der Waals surface area contributed by atoms with E-state index in [4.69, 9.17) is 23.4 Å². The monoisotopic (exact) mass is 818 g/mol. The fourth-order valence-electron chi connectivity index (χ4n) is 8.18. The summed E-state index contributed by atoms with van der Waals surface area (Å²) in [5.74, 6) is 1.72. The molecule has 3 heterocycles. The Balaban J connectivity index is 1.22. The van der Waals surface area contributed by atoms with Gasteiger partial charge in [0.1, 0.15) is 17.3 Å². The van der Waals surface area contributed by atoms with Crippen molar-refractivity contribution < 1.29 is 18.4 Å². The minimum absolute atomic E-state index is 0.00177. The van der Waals surface area contributed by atoms with Crippen molar-refractivity contribution in [3.63, 3.8) is 0 Å². The van der Waals surface area contributed by atoms with Crippen molar-refractivity contribution >= 4 is 32.8 Å². The summed E-state index contributed by atoms with van der Waals surface area (Å²) < 4.78 is 99.1. The number of nitrogens with zero attached hydrogens (tertiary/aromatic N) is 4. The average Bonchev–Trinajstić information content (AvgIpc) is 3.84. The van der Waals surface area contributed by atoms with Gasteiger partial charge < -0.3 is 4.74 Å². The van der Waals surface area contributed by atoms with Gasteiger partial charge in [0, 0.05) is 40.2 Å². The second-order valence-corrected chi connectivity index (χ2v) is 17.4. The first-order valence-electron chi connectivity index (χ1n) is 25.4. The van der Waals surface area contributed by atoms with Crippen LogP contribution >= 0.6 is 0 Å². The molecule has 0 bridgehead atoms. The highest BCUT2D eigenvalue weighted by Gasteiger charge is 2.25. The molecule has 304 valence electrons. The number of fused-ring (bicyclic) bond motifs is 4. The molecule has 0 aliphatic rings. The van der Waals surface area contributed by atoms with Gasteiger partial charge in [-0.05, 0) is 87.7 Å². The number of ether oxygens (including phenoxy) is 1. The normalized spacial score (nSPS) is 14.4. The standard InChI is InChI=1S/C56H48N4O2/c1-55(2,3)39-30-31-57-52(34-39)59-48-25-14-13-22-46(48)47-29-28-42(36-51(47)59)62-43-33-40(56(4,5)6)32-41(35-43)58-49-26-15-16-27-50(49)60(54(58)61)53-44(37-18-9-7-10-19-37)23-17-24-45(53)38-20-11-8-12-21-38/h7-36H,1-6H3/i7D,8D,9D,10D,11D,12D,18D,19D,20D,21D. The molecule has 0 unspecified atom stereocenters. The van der Waals surface area contributed by atoms with E-state index in [0.29, 0.717) is 28.2 Å². The molecule has 0 saturated heterocycles. The molecule has 0 aliphatic heterocycles. The molecule has 0 atom stereocenters. The molecule has 7 aromatic carbocycles. The van der Waals surface area contributed by atoms with E-state index in [-0.39, 0.29) is 33.4 Å². The first kappa shape index (κ1) is 28.9. The summed E-state index contributed by atoms with van der Waals surface area (Å²) in [6.45, 7) is 12.7. The lowest BCUT2D eigenvalue weighted by Gasteiger charge is -2.22. The summed E-state index contributed by atoms with van der Waals surface area (Å²) in [7, 11) is 0. The third-order valence-electron chi connectivity index (χ3n) is 11.3. The Labute approximate surface area is 376 Å². The maximum absolute atomic E-state index is 15.8. The highest BCUT2D eigenvalue weighted by Crippen LogP contribution is 2.40. The summed E-state index contributed by atoms with van der Waals surface area (Å²) in [4.78, 5) is 20.6. The Kier molecular flexibility index (Phi) is 6.96. The molecular weight excluding hydrogens is 761 g/mol. The van der Waals surface area contributed by atoms with Gasteiger partial charge in [-0.25, -0.2) is 9.78 Å². The second-order valence-electron chi connectivity index (χ2n) is 17.4. The van der Waals surface area contributed by atoms with Crippen LogP contribution in [0.25, 0.3) is 72.3 Å². The molecule has 0 saturated carbocycles. The average molecular weight is 819 g/mol. The zero-order chi connectivity index (χ0) is 51.5. The molecule has 3 aromatic heterocycles. The Hall–Kier alpha value is -7.44. The Morgan fingerprint density at radius 3 is 1.76 bits per heavy atom. The third-order valence-corrected chi connectivity index (χ3v) is 11.3. The molecule has 10 rings (SSSR count). The number of hydrogen-bond donors (Lipinski definition) is 0. The number of rotatable bonds is 7. The minimum atomic E-state index is -0.655. The van der Waals surface area contributed by atoms with Crippen molar-refractivity contribution in [2.75, 3.05) is 0 Å². The summed E-state index contributed by atoms with van der Waals surface area (Å²) >= 11 is 0. The van der Waals surface area contributed by atoms with Crippen molar-refractivity contribution in [2.45, 2.75) is 52.4 Å². The number of pyridine rings is 1. The highest BCUT2D eigenvalue weighted by atomic mass is 16.5. The molecule has 0 N–H and O–H groups in total. The first-order chi connectivity index (χ1) is 34.1. The summed E-state index contributed by atoms with van der Waals surface area (Å²) in [5, 5.41) is 2.06. The third kappa shape index (κ3) is 6.78. The molecule has 0 spiro atoms. The Bertz CT molecular complexity index is 3830. The van der Waals surface area contributed by atoms with E-state index in [0.717, 1.165) is 38.8 Å². The smallest absolute Gasteiger partial charge is 0.338 e. The summed E-state index contributed by atoms with van der Waals surface area (Å²) in [6, 6.07) is 29.4. The predicted molar refractivity (Wildman–Crippen MR) is 256 cm³/mol. The van der Waals surface area contributed by atoms with Gasteiger partial charge in [-0.15, -0.1) is 0 Å². The number of hydrogen-bond acceptors (Lipinski definition) is 3. The molecule has 6 heteroatoms. The maximum Gasteiger partial charge on any atom is 0.338 e. The van der Waals surface area contributed by atoms with Crippen LogP contribution in [0.5, 0.6) is 11.5 Å². The fraction of sp³-hybridized carbons (Fsp3) is 0.143. The summed E-state index contributed by atoms with van der Waals surface area (Å²) in [5.41, 5.74) is 3.22.